The van der Waals surface area contributed by atoms with E-state index in [9.17, 15) is 4.79 Å². The van der Waals surface area contributed by atoms with E-state index in [4.69, 9.17) is 13.7 Å². The summed E-state index contributed by atoms with van der Waals surface area (Å²) in [5, 5.41) is 6.62. The maximum atomic E-state index is 12.3. The molecule has 1 atom stereocenters. The third-order valence-electron chi connectivity index (χ3n) is 3.63. The van der Waals surface area contributed by atoms with Gasteiger partial charge in [-0.25, -0.2) is 0 Å². The predicted molar refractivity (Wildman–Crippen MR) is 85.3 cm³/mol. The molecule has 0 aliphatic rings. The average Bonchev–Trinajstić information content (AvgIpc) is 3.30. The first-order valence-electron chi connectivity index (χ1n) is 7.45. The number of benzene rings is 1. The van der Waals surface area contributed by atoms with Crippen molar-refractivity contribution in [1.82, 2.24) is 15.5 Å². The van der Waals surface area contributed by atoms with Gasteiger partial charge in [-0.3, -0.25) is 4.79 Å². The summed E-state index contributed by atoms with van der Waals surface area (Å²) in [6, 6.07) is 10.8. The Balaban J connectivity index is 1.58. The zero-order chi connectivity index (χ0) is 16.9. The van der Waals surface area contributed by atoms with Crippen LogP contribution in [0.3, 0.4) is 0 Å². The van der Waals surface area contributed by atoms with Crippen LogP contribution in [-0.4, -0.2) is 23.2 Å². The number of methoxy groups -OCH3 is 1. The quantitative estimate of drug-likeness (QED) is 0.748. The van der Waals surface area contributed by atoms with Gasteiger partial charge in [0.1, 0.15) is 5.75 Å². The Morgan fingerprint density at radius 1 is 1.29 bits per heavy atom. The number of rotatable bonds is 6. The Kier molecular flexibility index (Phi) is 4.60. The minimum atomic E-state index is -0.299. The van der Waals surface area contributed by atoms with Crippen molar-refractivity contribution in [3.05, 3.63) is 54.0 Å². The lowest BCUT2D eigenvalue weighted by atomic mass is 10.0. The molecule has 0 saturated heterocycles. The number of carbonyl (C=O) groups is 1. The first-order chi connectivity index (χ1) is 11.7. The highest BCUT2D eigenvalue weighted by Crippen LogP contribution is 2.20. The first kappa shape index (κ1) is 15.8. The van der Waals surface area contributed by atoms with E-state index in [2.05, 4.69) is 15.5 Å². The van der Waals surface area contributed by atoms with Crippen molar-refractivity contribution in [2.45, 2.75) is 19.4 Å². The Bertz CT molecular complexity index is 794. The van der Waals surface area contributed by atoms with E-state index in [1.807, 2.05) is 31.2 Å². The van der Waals surface area contributed by atoms with E-state index < -0.39 is 0 Å². The minimum absolute atomic E-state index is 0.121. The molecule has 1 N–H and O–H groups in total. The highest BCUT2D eigenvalue weighted by Gasteiger charge is 2.17. The number of nitrogens with one attached hydrogen (secondary N) is 1. The van der Waals surface area contributed by atoms with E-state index >= 15 is 0 Å². The smallest absolute Gasteiger partial charge is 0.293 e. The second-order valence-electron chi connectivity index (χ2n) is 5.21. The van der Waals surface area contributed by atoms with Crippen LogP contribution in [0.1, 0.15) is 24.2 Å². The van der Waals surface area contributed by atoms with Crippen molar-refractivity contribution in [3.63, 3.8) is 0 Å². The molecular formula is C17H17N3O4. The predicted octanol–water partition coefficient (Wildman–Crippen LogP) is 2.76. The van der Waals surface area contributed by atoms with Crippen LogP contribution in [0.2, 0.25) is 0 Å². The molecule has 124 valence electrons. The van der Waals surface area contributed by atoms with Crippen LogP contribution in [0.4, 0.5) is 0 Å². The van der Waals surface area contributed by atoms with Crippen LogP contribution in [0.5, 0.6) is 5.75 Å². The molecule has 1 aromatic carbocycles. The minimum Gasteiger partial charge on any atom is -0.497 e. The van der Waals surface area contributed by atoms with Gasteiger partial charge >= 0.3 is 0 Å². The molecule has 2 heterocycles. The van der Waals surface area contributed by atoms with Gasteiger partial charge in [0.15, 0.2) is 11.6 Å². The summed E-state index contributed by atoms with van der Waals surface area (Å²) in [6.07, 6.45) is 1.53. The van der Waals surface area contributed by atoms with E-state index in [1.165, 1.54) is 6.26 Å². The molecule has 0 unspecified atom stereocenters. The molecule has 7 nitrogen and oxygen atoms in total. The monoisotopic (exact) mass is 327 g/mol. The van der Waals surface area contributed by atoms with Crippen molar-refractivity contribution >= 4 is 5.91 Å². The molecule has 0 radical (unpaired) electrons. The maximum Gasteiger partial charge on any atom is 0.293 e. The molecule has 3 rings (SSSR count). The summed E-state index contributed by atoms with van der Waals surface area (Å²) in [7, 11) is 1.60. The number of ether oxygens (including phenoxy) is 1. The molecule has 1 amide bonds. The van der Waals surface area contributed by atoms with Crippen molar-refractivity contribution in [2.75, 3.05) is 7.11 Å². The lowest BCUT2D eigenvalue weighted by Crippen LogP contribution is -2.27. The number of aromatic nitrogens is 2. The largest absolute Gasteiger partial charge is 0.497 e. The van der Waals surface area contributed by atoms with E-state index in [0.717, 1.165) is 11.3 Å². The van der Waals surface area contributed by atoms with Crippen LogP contribution in [0, 0.1) is 0 Å². The zero-order valence-corrected chi connectivity index (χ0v) is 13.4. The summed E-state index contributed by atoms with van der Waals surface area (Å²) in [6.45, 7) is 2.02. The fourth-order valence-electron chi connectivity index (χ4n) is 2.19. The normalized spacial score (nSPS) is 11.9. The fourth-order valence-corrected chi connectivity index (χ4v) is 2.19. The van der Waals surface area contributed by atoms with Gasteiger partial charge in [-0.15, -0.1) is 0 Å². The van der Waals surface area contributed by atoms with Crippen molar-refractivity contribution in [2.24, 2.45) is 0 Å². The maximum absolute atomic E-state index is 12.3. The van der Waals surface area contributed by atoms with Crippen LogP contribution < -0.4 is 10.1 Å². The highest BCUT2D eigenvalue weighted by atomic mass is 16.5. The van der Waals surface area contributed by atoms with Gasteiger partial charge in [0, 0.05) is 0 Å². The van der Waals surface area contributed by atoms with Crippen molar-refractivity contribution in [3.8, 4) is 17.4 Å². The third kappa shape index (κ3) is 3.45. The summed E-state index contributed by atoms with van der Waals surface area (Å²) in [5.74, 6) is 1.50. The Labute approximate surface area is 138 Å². The van der Waals surface area contributed by atoms with Gasteiger partial charge in [0.25, 0.3) is 5.89 Å². The molecular weight excluding hydrogens is 310 g/mol. The van der Waals surface area contributed by atoms with Crippen LogP contribution >= 0.6 is 0 Å². The van der Waals surface area contributed by atoms with Crippen molar-refractivity contribution < 1.29 is 18.5 Å². The molecule has 0 aliphatic heterocycles. The SMILES string of the molecule is COc1ccc([C@@H](C)C(=O)NCc2noc(-c3ccco3)n2)cc1. The number of amides is 1. The van der Waals surface area contributed by atoms with Gasteiger partial charge in [-0.2, -0.15) is 4.98 Å². The molecule has 3 aromatic rings. The Morgan fingerprint density at radius 3 is 2.75 bits per heavy atom. The summed E-state index contributed by atoms with van der Waals surface area (Å²) < 4.78 is 15.4. The molecule has 24 heavy (non-hydrogen) atoms. The highest BCUT2D eigenvalue weighted by molar-refractivity contribution is 5.83. The molecule has 0 aliphatic carbocycles. The van der Waals surface area contributed by atoms with Crippen LogP contribution in [0.15, 0.2) is 51.6 Å². The summed E-state index contributed by atoms with van der Waals surface area (Å²) in [4.78, 5) is 16.4. The molecule has 0 spiro atoms. The van der Waals surface area contributed by atoms with E-state index in [-0.39, 0.29) is 24.3 Å². The number of nitrogens with zero attached hydrogens (tertiary/aromatic N) is 2. The van der Waals surface area contributed by atoms with E-state index in [0.29, 0.717) is 11.6 Å². The Morgan fingerprint density at radius 2 is 2.08 bits per heavy atom. The molecule has 0 saturated carbocycles. The standard InChI is InChI=1S/C17H17N3O4/c1-11(12-5-7-13(22-2)8-6-12)16(21)18-10-15-19-17(24-20-15)14-4-3-9-23-14/h3-9,11H,10H2,1-2H3,(H,18,21)/t11-/m1/s1. The number of hydrogen-bond acceptors (Lipinski definition) is 6. The third-order valence-corrected chi connectivity index (χ3v) is 3.63. The average molecular weight is 327 g/mol. The number of furan rings is 1. The second kappa shape index (κ2) is 6.99. The molecule has 0 fully saturated rings. The van der Waals surface area contributed by atoms with E-state index in [1.54, 1.807) is 19.2 Å². The second-order valence-corrected chi connectivity index (χ2v) is 5.21. The van der Waals surface area contributed by atoms with Gasteiger partial charge in [-0.05, 0) is 36.8 Å². The van der Waals surface area contributed by atoms with Gasteiger partial charge in [0.05, 0.1) is 25.8 Å². The van der Waals surface area contributed by atoms with Crippen LogP contribution in [-0.2, 0) is 11.3 Å². The zero-order valence-electron chi connectivity index (χ0n) is 13.4. The van der Waals surface area contributed by atoms with Gasteiger partial charge in [-0.1, -0.05) is 17.3 Å². The molecule has 7 heteroatoms. The molecule has 0 bridgehead atoms. The number of hydrogen-bond donors (Lipinski definition) is 1. The molecule has 2 aromatic heterocycles. The lowest BCUT2D eigenvalue weighted by molar-refractivity contribution is -0.122. The lowest BCUT2D eigenvalue weighted by Gasteiger charge is -2.12. The topological polar surface area (TPSA) is 90.4 Å². The van der Waals surface area contributed by atoms with Gasteiger partial charge in [0.2, 0.25) is 5.91 Å². The fraction of sp³-hybridized carbons (Fsp3) is 0.235. The first-order valence-corrected chi connectivity index (χ1v) is 7.45. The summed E-state index contributed by atoms with van der Waals surface area (Å²) >= 11 is 0. The Hall–Kier alpha value is -3.09. The summed E-state index contributed by atoms with van der Waals surface area (Å²) in [5.41, 5.74) is 0.901. The number of carbonyl (C=O) groups excluding carboxylic acids is 1. The van der Waals surface area contributed by atoms with Crippen LogP contribution in [0.25, 0.3) is 11.7 Å². The van der Waals surface area contributed by atoms with Gasteiger partial charge < -0.3 is 19.0 Å². The van der Waals surface area contributed by atoms with Crippen molar-refractivity contribution in [1.29, 1.82) is 0 Å².